The van der Waals surface area contributed by atoms with Crippen LogP contribution in [0.2, 0.25) is 3.97 Å². The molecule has 0 nitrogen and oxygen atoms in total. The van der Waals surface area contributed by atoms with Gasteiger partial charge in [0.05, 0.1) is 0 Å². The molecule has 0 aliphatic carbocycles. The Morgan fingerprint density at radius 2 is 1.29 bits per heavy atom. The average molecular weight is 338 g/mol. The van der Waals surface area contributed by atoms with E-state index in [-0.39, 0.29) is 20.9 Å². The average Bonchev–Trinajstić information content (AvgIpc) is 2.40. The van der Waals surface area contributed by atoms with Gasteiger partial charge < -0.3 is 0 Å². The van der Waals surface area contributed by atoms with Crippen LogP contribution in [0.1, 0.15) is 25.3 Å². The summed E-state index contributed by atoms with van der Waals surface area (Å²) in [6.45, 7) is 4.75. The molecule has 0 radical (unpaired) electrons. The number of hydrogen-bond acceptors (Lipinski definition) is 0. The van der Waals surface area contributed by atoms with Crippen molar-refractivity contribution in [3.05, 3.63) is 66.2 Å². The molecule has 17 heavy (non-hydrogen) atoms. The first-order valence-electron chi connectivity index (χ1n) is 6.04. The summed E-state index contributed by atoms with van der Waals surface area (Å²) >= 11 is -0.0933. The van der Waals surface area contributed by atoms with E-state index in [1.165, 1.54) is 5.56 Å². The zero-order valence-electron chi connectivity index (χ0n) is 10.3. The molecule has 0 aliphatic rings. The summed E-state index contributed by atoms with van der Waals surface area (Å²) in [4.78, 5) is 0. The van der Waals surface area contributed by atoms with E-state index in [0.29, 0.717) is 5.92 Å². The van der Waals surface area contributed by atoms with E-state index in [1.54, 1.807) is 3.61 Å². The maximum atomic E-state index is 2.40. The topological polar surface area (TPSA) is 0 Å². The zero-order chi connectivity index (χ0) is 12.1. The predicted octanol–water partition coefficient (Wildman–Crippen LogP) is 3.63. The summed E-state index contributed by atoms with van der Waals surface area (Å²) in [5, 5.41) is 0. The summed E-state index contributed by atoms with van der Waals surface area (Å²) in [5.41, 5.74) is 1.47. The Hall–Kier alpha value is -0.770. The molecule has 2 aromatic rings. The minimum atomic E-state index is -0.0933. The minimum absolute atomic E-state index is 0.0933. The standard InChI is InChI=1S/C16H18Te/c1-13(15-9-5-3-6-10-15)14(2)17-16-11-7-4-8-12-16/h3-14H,1-2H3/t13-,14+/m0/s1. The van der Waals surface area contributed by atoms with Gasteiger partial charge in [-0.3, -0.25) is 0 Å². The second kappa shape index (κ2) is 6.24. The van der Waals surface area contributed by atoms with Crippen molar-refractivity contribution in [2.75, 3.05) is 0 Å². The summed E-state index contributed by atoms with van der Waals surface area (Å²) in [6, 6.07) is 21.8. The van der Waals surface area contributed by atoms with Crippen LogP contribution in [0.4, 0.5) is 0 Å². The molecule has 0 heterocycles. The van der Waals surface area contributed by atoms with Crippen molar-refractivity contribution in [1.29, 1.82) is 0 Å². The molecular formula is C16H18Te. The van der Waals surface area contributed by atoms with Crippen LogP contribution in [0.25, 0.3) is 0 Å². The second-order valence-corrected chi connectivity index (χ2v) is 8.48. The van der Waals surface area contributed by atoms with Gasteiger partial charge in [-0.25, -0.2) is 0 Å². The fourth-order valence-corrected chi connectivity index (χ4v) is 5.00. The van der Waals surface area contributed by atoms with Gasteiger partial charge in [0.15, 0.2) is 0 Å². The summed E-state index contributed by atoms with van der Waals surface area (Å²) in [7, 11) is 0. The van der Waals surface area contributed by atoms with Crippen molar-refractivity contribution < 1.29 is 0 Å². The molecule has 0 bridgehead atoms. The first-order chi connectivity index (χ1) is 8.27. The molecule has 2 atom stereocenters. The Balaban J connectivity index is 2.03. The molecule has 0 spiro atoms. The summed E-state index contributed by atoms with van der Waals surface area (Å²) in [5.74, 6) is 0.666. The normalized spacial score (nSPS) is 14.2. The van der Waals surface area contributed by atoms with Crippen molar-refractivity contribution in [3.63, 3.8) is 0 Å². The number of hydrogen-bond donors (Lipinski definition) is 0. The van der Waals surface area contributed by atoms with E-state index in [0.717, 1.165) is 3.97 Å². The summed E-state index contributed by atoms with van der Waals surface area (Å²) in [6.07, 6.45) is 0. The van der Waals surface area contributed by atoms with E-state index in [2.05, 4.69) is 74.5 Å². The van der Waals surface area contributed by atoms with E-state index in [1.807, 2.05) is 0 Å². The predicted molar refractivity (Wildman–Crippen MR) is 76.1 cm³/mol. The molecule has 0 saturated carbocycles. The molecule has 2 aromatic carbocycles. The molecule has 0 unspecified atom stereocenters. The molecule has 0 saturated heterocycles. The Morgan fingerprint density at radius 1 is 0.765 bits per heavy atom. The number of rotatable bonds is 4. The van der Waals surface area contributed by atoms with Gasteiger partial charge in [0.2, 0.25) is 0 Å². The van der Waals surface area contributed by atoms with Crippen LogP contribution in [0, 0.1) is 0 Å². The van der Waals surface area contributed by atoms with Crippen molar-refractivity contribution in [3.8, 4) is 0 Å². The van der Waals surface area contributed by atoms with Gasteiger partial charge in [-0.15, -0.1) is 0 Å². The molecule has 0 aromatic heterocycles. The third-order valence-electron chi connectivity index (χ3n) is 3.09. The van der Waals surface area contributed by atoms with Gasteiger partial charge in [-0.05, 0) is 0 Å². The molecule has 1 heteroatoms. The Morgan fingerprint density at radius 3 is 1.88 bits per heavy atom. The molecule has 0 amide bonds. The Kier molecular flexibility index (Phi) is 4.65. The van der Waals surface area contributed by atoms with Crippen LogP contribution in [0.3, 0.4) is 0 Å². The SMILES string of the molecule is C[C@H](c1ccccc1)[C@@H](C)[Te]c1ccccc1. The quantitative estimate of drug-likeness (QED) is 0.747. The van der Waals surface area contributed by atoms with Gasteiger partial charge in [0, 0.05) is 0 Å². The molecular weight excluding hydrogens is 320 g/mol. The maximum absolute atomic E-state index is 2.40. The van der Waals surface area contributed by atoms with E-state index >= 15 is 0 Å². The van der Waals surface area contributed by atoms with Gasteiger partial charge in [-0.2, -0.15) is 0 Å². The van der Waals surface area contributed by atoms with Crippen molar-refractivity contribution in [2.45, 2.75) is 23.7 Å². The van der Waals surface area contributed by atoms with Crippen molar-refractivity contribution >= 4 is 24.5 Å². The van der Waals surface area contributed by atoms with Gasteiger partial charge in [0.1, 0.15) is 0 Å². The zero-order valence-corrected chi connectivity index (χ0v) is 12.7. The molecule has 88 valence electrons. The van der Waals surface area contributed by atoms with Crippen LogP contribution in [-0.2, 0) is 0 Å². The second-order valence-electron chi connectivity index (χ2n) is 4.34. The van der Waals surface area contributed by atoms with Crippen molar-refractivity contribution in [2.24, 2.45) is 0 Å². The molecule has 0 fully saturated rings. The third kappa shape index (κ3) is 3.60. The molecule has 2 rings (SSSR count). The van der Waals surface area contributed by atoms with Crippen LogP contribution >= 0.6 is 0 Å². The van der Waals surface area contributed by atoms with E-state index in [4.69, 9.17) is 0 Å². The van der Waals surface area contributed by atoms with Crippen LogP contribution in [-0.4, -0.2) is 20.9 Å². The summed E-state index contributed by atoms with van der Waals surface area (Å²) < 4.78 is 2.36. The monoisotopic (exact) mass is 340 g/mol. The van der Waals surface area contributed by atoms with E-state index in [9.17, 15) is 0 Å². The number of benzene rings is 2. The third-order valence-corrected chi connectivity index (χ3v) is 6.87. The fraction of sp³-hybridized carbons (Fsp3) is 0.250. The van der Waals surface area contributed by atoms with Gasteiger partial charge in [0.25, 0.3) is 0 Å². The molecule has 0 aliphatic heterocycles. The van der Waals surface area contributed by atoms with E-state index < -0.39 is 0 Å². The molecule has 0 N–H and O–H groups in total. The van der Waals surface area contributed by atoms with Crippen LogP contribution in [0.5, 0.6) is 0 Å². The Bertz CT molecular complexity index is 436. The van der Waals surface area contributed by atoms with Crippen LogP contribution < -0.4 is 3.61 Å². The Labute approximate surface area is 114 Å². The van der Waals surface area contributed by atoms with Crippen molar-refractivity contribution in [1.82, 2.24) is 0 Å². The fourth-order valence-electron chi connectivity index (χ4n) is 1.84. The first-order valence-corrected chi connectivity index (χ1v) is 8.55. The van der Waals surface area contributed by atoms with Gasteiger partial charge >= 0.3 is 114 Å². The first kappa shape index (κ1) is 12.7. The van der Waals surface area contributed by atoms with Gasteiger partial charge in [-0.1, -0.05) is 0 Å². The van der Waals surface area contributed by atoms with Crippen LogP contribution in [0.15, 0.2) is 60.7 Å².